The summed E-state index contributed by atoms with van der Waals surface area (Å²) in [6.45, 7) is 0.605. The van der Waals surface area contributed by atoms with Crippen molar-refractivity contribution in [3.8, 4) is 0 Å². The van der Waals surface area contributed by atoms with Crippen LogP contribution in [-0.4, -0.2) is 31.4 Å². The molecule has 4 N–H and O–H groups in total. The van der Waals surface area contributed by atoms with E-state index in [2.05, 4.69) is 10.6 Å². The molecular formula is C13H17ClF3N3O2. The number of rotatable bonds is 6. The molecule has 5 nitrogen and oxygen atoms in total. The van der Waals surface area contributed by atoms with Gasteiger partial charge in [0.1, 0.15) is 0 Å². The van der Waals surface area contributed by atoms with Crippen LogP contribution in [0.5, 0.6) is 0 Å². The number of alkyl halides is 3. The van der Waals surface area contributed by atoms with E-state index in [1.165, 1.54) is 0 Å². The fraction of sp³-hybridized carbons (Fsp3) is 0.385. The zero-order valence-electron chi connectivity index (χ0n) is 11.6. The van der Waals surface area contributed by atoms with Crippen LogP contribution in [0.15, 0.2) is 24.3 Å². The summed E-state index contributed by atoms with van der Waals surface area (Å²) >= 11 is 0. The van der Waals surface area contributed by atoms with Crippen molar-refractivity contribution in [3.63, 3.8) is 0 Å². The van der Waals surface area contributed by atoms with Crippen LogP contribution in [0.4, 0.5) is 13.2 Å². The highest BCUT2D eigenvalue weighted by Crippen LogP contribution is 2.28. The number of hydrogen-bond acceptors (Lipinski definition) is 3. The van der Waals surface area contributed by atoms with Gasteiger partial charge in [-0.05, 0) is 37.2 Å². The molecule has 1 aromatic carbocycles. The molecule has 0 aliphatic heterocycles. The van der Waals surface area contributed by atoms with Crippen LogP contribution in [0, 0.1) is 0 Å². The first-order chi connectivity index (χ1) is 9.84. The number of halogens is 4. The summed E-state index contributed by atoms with van der Waals surface area (Å²) in [5.74, 6) is -0.999. The first-order valence-electron chi connectivity index (χ1n) is 6.27. The Balaban J connectivity index is 0.00000441. The van der Waals surface area contributed by atoms with E-state index in [1.54, 1.807) is 0 Å². The molecule has 0 fully saturated rings. The fourth-order valence-corrected chi connectivity index (χ4v) is 1.47. The molecule has 0 heterocycles. The van der Waals surface area contributed by atoms with Crippen LogP contribution in [0.25, 0.3) is 0 Å². The lowest BCUT2D eigenvalue weighted by Crippen LogP contribution is -2.37. The van der Waals surface area contributed by atoms with E-state index in [0.29, 0.717) is 19.5 Å². The Kier molecular flexibility index (Phi) is 8.51. The van der Waals surface area contributed by atoms with Crippen LogP contribution in [-0.2, 0) is 11.0 Å². The molecule has 22 heavy (non-hydrogen) atoms. The van der Waals surface area contributed by atoms with Gasteiger partial charge in [0, 0.05) is 12.1 Å². The van der Waals surface area contributed by atoms with Gasteiger partial charge in [0.25, 0.3) is 5.91 Å². The highest BCUT2D eigenvalue weighted by atomic mass is 35.5. The van der Waals surface area contributed by atoms with Gasteiger partial charge in [-0.25, -0.2) is 0 Å². The van der Waals surface area contributed by atoms with Crippen LogP contribution < -0.4 is 16.4 Å². The minimum Gasteiger partial charge on any atom is -0.355 e. The molecule has 0 aromatic heterocycles. The Labute approximate surface area is 131 Å². The van der Waals surface area contributed by atoms with Crippen LogP contribution in [0.2, 0.25) is 0 Å². The lowest BCUT2D eigenvalue weighted by atomic mass is 10.1. The molecule has 1 rings (SSSR count). The zero-order chi connectivity index (χ0) is 15.9. The van der Waals surface area contributed by atoms with Gasteiger partial charge in [0.15, 0.2) is 0 Å². The molecule has 0 spiro atoms. The normalized spacial score (nSPS) is 10.5. The van der Waals surface area contributed by atoms with Gasteiger partial charge in [0.2, 0.25) is 5.91 Å². The molecule has 0 aliphatic carbocycles. The molecule has 1 aromatic rings. The third-order valence-corrected chi connectivity index (χ3v) is 2.59. The Morgan fingerprint density at radius 1 is 1.09 bits per heavy atom. The average molecular weight is 340 g/mol. The van der Waals surface area contributed by atoms with Crippen molar-refractivity contribution in [2.75, 3.05) is 19.6 Å². The minimum atomic E-state index is -4.45. The Hall–Kier alpha value is -1.80. The van der Waals surface area contributed by atoms with Crippen molar-refractivity contribution < 1.29 is 22.8 Å². The van der Waals surface area contributed by atoms with Gasteiger partial charge in [0.05, 0.1) is 12.1 Å². The van der Waals surface area contributed by atoms with E-state index in [0.717, 1.165) is 24.3 Å². The van der Waals surface area contributed by atoms with E-state index in [4.69, 9.17) is 5.73 Å². The number of nitrogens with one attached hydrogen (secondary N) is 2. The maximum Gasteiger partial charge on any atom is 0.416 e. The number of nitrogens with two attached hydrogens (primary N) is 1. The largest absolute Gasteiger partial charge is 0.416 e. The lowest BCUT2D eigenvalue weighted by molar-refractivity contribution is -0.137. The van der Waals surface area contributed by atoms with E-state index in [9.17, 15) is 22.8 Å². The van der Waals surface area contributed by atoms with Gasteiger partial charge in [-0.2, -0.15) is 13.2 Å². The fourth-order valence-electron chi connectivity index (χ4n) is 1.47. The van der Waals surface area contributed by atoms with Crippen molar-refractivity contribution in [2.45, 2.75) is 12.6 Å². The SMILES string of the molecule is Cl.NCCCNC(=O)CNC(=O)c1ccc(C(F)(F)F)cc1. The summed E-state index contributed by atoms with van der Waals surface area (Å²) in [6, 6.07) is 3.75. The maximum atomic E-state index is 12.4. The molecule has 0 unspecified atom stereocenters. The topological polar surface area (TPSA) is 84.2 Å². The van der Waals surface area contributed by atoms with Crippen molar-refractivity contribution in [3.05, 3.63) is 35.4 Å². The van der Waals surface area contributed by atoms with E-state index < -0.39 is 17.6 Å². The van der Waals surface area contributed by atoms with E-state index in [-0.39, 0.29) is 30.4 Å². The van der Waals surface area contributed by atoms with E-state index in [1.807, 2.05) is 0 Å². The second-order valence-corrected chi connectivity index (χ2v) is 4.25. The Morgan fingerprint density at radius 3 is 2.18 bits per heavy atom. The summed E-state index contributed by atoms with van der Waals surface area (Å²) < 4.78 is 37.1. The van der Waals surface area contributed by atoms with Crippen LogP contribution in [0.3, 0.4) is 0 Å². The van der Waals surface area contributed by atoms with Gasteiger partial charge in [-0.3, -0.25) is 9.59 Å². The predicted octanol–water partition coefficient (Wildman–Crippen LogP) is 1.32. The molecule has 0 bridgehead atoms. The molecule has 0 aliphatic rings. The van der Waals surface area contributed by atoms with Gasteiger partial charge >= 0.3 is 6.18 Å². The molecule has 0 radical (unpaired) electrons. The molecule has 0 saturated heterocycles. The summed E-state index contributed by atoms with van der Waals surface area (Å²) in [4.78, 5) is 23.0. The minimum absolute atomic E-state index is 0. The third kappa shape index (κ3) is 6.77. The van der Waals surface area contributed by atoms with Gasteiger partial charge < -0.3 is 16.4 Å². The quantitative estimate of drug-likeness (QED) is 0.683. The monoisotopic (exact) mass is 339 g/mol. The summed E-state index contributed by atoms with van der Waals surface area (Å²) in [6.07, 6.45) is -3.82. The average Bonchev–Trinajstić information content (AvgIpc) is 2.44. The number of carbonyl (C=O) groups excluding carboxylic acids is 2. The summed E-state index contributed by atoms with van der Waals surface area (Å²) in [5.41, 5.74) is 4.47. The second-order valence-electron chi connectivity index (χ2n) is 4.25. The van der Waals surface area contributed by atoms with Crippen LogP contribution in [0.1, 0.15) is 22.3 Å². The molecule has 0 atom stereocenters. The Bertz CT molecular complexity index is 492. The third-order valence-electron chi connectivity index (χ3n) is 2.59. The molecule has 0 saturated carbocycles. The van der Waals surface area contributed by atoms with Crippen molar-refractivity contribution in [1.82, 2.24) is 10.6 Å². The maximum absolute atomic E-state index is 12.4. The molecule has 124 valence electrons. The zero-order valence-corrected chi connectivity index (χ0v) is 12.4. The number of benzene rings is 1. The second kappa shape index (κ2) is 9.26. The number of carbonyl (C=O) groups is 2. The van der Waals surface area contributed by atoms with Crippen LogP contribution >= 0.6 is 12.4 Å². The molecule has 2 amide bonds. The summed E-state index contributed by atoms with van der Waals surface area (Å²) in [7, 11) is 0. The van der Waals surface area contributed by atoms with Crippen molar-refractivity contribution in [2.24, 2.45) is 5.73 Å². The Morgan fingerprint density at radius 2 is 1.68 bits per heavy atom. The lowest BCUT2D eigenvalue weighted by Gasteiger charge is -2.08. The van der Waals surface area contributed by atoms with E-state index >= 15 is 0 Å². The first kappa shape index (κ1) is 20.2. The summed E-state index contributed by atoms with van der Waals surface area (Å²) in [5, 5.41) is 4.86. The standard InChI is InChI=1S/C13H16F3N3O2.ClH/c14-13(15,16)10-4-2-9(3-5-10)12(21)19-8-11(20)18-7-1-6-17;/h2-5H,1,6-8,17H2,(H,18,20)(H,19,21);1H. The predicted molar refractivity (Wildman–Crippen MR) is 77.7 cm³/mol. The number of amides is 2. The highest BCUT2D eigenvalue weighted by molar-refractivity contribution is 5.96. The first-order valence-corrected chi connectivity index (χ1v) is 6.27. The number of hydrogen-bond donors (Lipinski definition) is 3. The molecule has 9 heteroatoms. The highest BCUT2D eigenvalue weighted by Gasteiger charge is 2.30. The van der Waals surface area contributed by atoms with Gasteiger partial charge in [-0.1, -0.05) is 0 Å². The smallest absolute Gasteiger partial charge is 0.355 e. The molecular weight excluding hydrogens is 323 g/mol. The van der Waals surface area contributed by atoms with Crippen molar-refractivity contribution >= 4 is 24.2 Å². The van der Waals surface area contributed by atoms with Crippen molar-refractivity contribution in [1.29, 1.82) is 0 Å². The van der Waals surface area contributed by atoms with Gasteiger partial charge in [-0.15, -0.1) is 12.4 Å².